The number of hydrogen-bond donors (Lipinski definition) is 2. The fraction of sp³-hybridized carbons (Fsp3) is 0.214. The maximum Gasteiger partial charge on any atom is 0.238 e. The maximum absolute atomic E-state index is 11.9. The fourth-order valence-corrected chi connectivity index (χ4v) is 2.93. The SMILES string of the molecule is C[C@H](NC(=O)CSc1ncccn1)c1ccc(S(N)(=O)=O)cc1. The van der Waals surface area contributed by atoms with Gasteiger partial charge in [0.25, 0.3) is 0 Å². The molecule has 1 atom stereocenters. The van der Waals surface area contributed by atoms with Crippen LogP contribution in [0, 0.1) is 0 Å². The summed E-state index contributed by atoms with van der Waals surface area (Å²) in [6.45, 7) is 1.81. The normalized spacial score (nSPS) is 12.6. The number of rotatable bonds is 6. The monoisotopic (exact) mass is 352 g/mol. The molecule has 0 aliphatic rings. The quantitative estimate of drug-likeness (QED) is 0.594. The first-order chi connectivity index (χ1) is 10.9. The molecule has 0 aliphatic heterocycles. The Kier molecular flexibility index (Phi) is 5.69. The number of nitrogens with one attached hydrogen (secondary N) is 1. The van der Waals surface area contributed by atoms with Crippen molar-refractivity contribution in [2.75, 3.05) is 5.75 Å². The van der Waals surface area contributed by atoms with Gasteiger partial charge in [-0.2, -0.15) is 0 Å². The first kappa shape index (κ1) is 17.4. The van der Waals surface area contributed by atoms with E-state index in [1.165, 1.54) is 23.9 Å². The number of primary sulfonamides is 1. The van der Waals surface area contributed by atoms with Gasteiger partial charge in [-0.05, 0) is 30.7 Å². The van der Waals surface area contributed by atoms with Crippen LogP contribution in [-0.4, -0.2) is 30.0 Å². The van der Waals surface area contributed by atoms with Crippen molar-refractivity contribution in [1.82, 2.24) is 15.3 Å². The summed E-state index contributed by atoms with van der Waals surface area (Å²) in [4.78, 5) is 20.0. The van der Waals surface area contributed by atoms with E-state index >= 15 is 0 Å². The average molecular weight is 352 g/mol. The van der Waals surface area contributed by atoms with E-state index < -0.39 is 10.0 Å². The molecular formula is C14H16N4O3S2. The second-order valence-corrected chi connectivity index (χ2v) is 7.23. The number of nitrogens with two attached hydrogens (primary N) is 1. The molecule has 0 aliphatic carbocycles. The van der Waals surface area contributed by atoms with Crippen molar-refractivity contribution in [2.24, 2.45) is 5.14 Å². The van der Waals surface area contributed by atoms with Crippen molar-refractivity contribution in [3.8, 4) is 0 Å². The number of carbonyl (C=O) groups excluding carboxylic acids is 1. The molecule has 2 rings (SSSR count). The third-order valence-corrected chi connectivity index (χ3v) is 4.77. The van der Waals surface area contributed by atoms with E-state index in [0.29, 0.717) is 5.16 Å². The van der Waals surface area contributed by atoms with Crippen LogP contribution in [0.1, 0.15) is 18.5 Å². The van der Waals surface area contributed by atoms with E-state index in [2.05, 4.69) is 15.3 Å². The van der Waals surface area contributed by atoms with Gasteiger partial charge in [0.1, 0.15) is 0 Å². The van der Waals surface area contributed by atoms with Crippen molar-refractivity contribution in [3.05, 3.63) is 48.3 Å². The number of sulfonamides is 1. The zero-order chi connectivity index (χ0) is 16.9. The molecule has 1 aromatic carbocycles. The van der Waals surface area contributed by atoms with E-state index in [9.17, 15) is 13.2 Å². The minimum Gasteiger partial charge on any atom is -0.349 e. The summed E-state index contributed by atoms with van der Waals surface area (Å²) in [7, 11) is -3.71. The zero-order valence-electron chi connectivity index (χ0n) is 12.3. The van der Waals surface area contributed by atoms with Gasteiger partial charge in [-0.15, -0.1) is 0 Å². The second-order valence-electron chi connectivity index (χ2n) is 4.72. The van der Waals surface area contributed by atoms with Crippen LogP contribution in [0.3, 0.4) is 0 Å². The molecule has 0 fully saturated rings. The van der Waals surface area contributed by atoms with Gasteiger partial charge in [0, 0.05) is 12.4 Å². The number of aromatic nitrogens is 2. The van der Waals surface area contributed by atoms with Crippen molar-refractivity contribution < 1.29 is 13.2 Å². The molecule has 122 valence electrons. The summed E-state index contributed by atoms with van der Waals surface area (Å²) in [6, 6.07) is 7.53. The summed E-state index contributed by atoms with van der Waals surface area (Å²) in [6.07, 6.45) is 3.23. The Labute approximate surface area is 138 Å². The van der Waals surface area contributed by atoms with Crippen LogP contribution in [-0.2, 0) is 14.8 Å². The summed E-state index contributed by atoms with van der Waals surface area (Å²) < 4.78 is 22.4. The summed E-state index contributed by atoms with van der Waals surface area (Å²) >= 11 is 1.24. The van der Waals surface area contributed by atoms with Crippen molar-refractivity contribution in [3.63, 3.8) is 0 Å². The third-order valence-electron chi connectivity index (χ3n) is 2.96. The molecule has 1 amide bonds. The number of benzene rings is 1. The molecule has 0 unspecified atom stereocenters. The molecule has 9 heteroatoms. The summed E-state index contributed by atoms with van der Waals surface area (Å²) in [5, 5.41) is 8.41. The molecular weight excluding hydrogens is 336 g/mol. The van der Waals surface area contributed by atoms with Crippen molar-refractivity contribution in [2.45, 2.75) is 23.0 Å². The molecule has 0 saturated heterocycles. The third kappa shape index (κ3) is 5.31. The molecule has 0 spiro atoms. The van der Waals surface area contributed by atoms with Crippen LogP contribution in [0.25, 0.3) is 0 Å². The lowest BCUT2D eigenvalue weighted by molar-refractivity contribution is -0.119. The number of carbonyl (C=O) groups is 1. The van der Waals surface area contributed by atoms with Crippen LogP contribution in [0.5, 0.6) is 0 Å². The van der Waals surface area contributed by atoms with Crippen LogP contribution in [0.15, 0.2) is 52.8 Å². The van der Waals surface area contributed by atoms with Gasteiger partial charge < -0.3 is 5.32 Å². The van der Waals surface area contributed by atoms with Gasteiger partial charge in [0.05, 0.1) is 16.7 Å². The minimum absolute atomic E-state index is 0.0385. The van der Waals surface area contributed by atoms with Crippen LogP contribution in [0.4, 0.5) is 0 Å². The second kappa shape index (κ2) is 7.53. The number of hydrogen-bond acceptors (Lipinski definition) is 6. The zero-order valence-corrected chi connectivity index (χ0v) is 14.0. The topological polar surface area (TPSA) is 115 Å². The van der Waals surface area contributed by atoms with Crippen molar-refractivity contribution in [1.29, 1.82) is 0 Å². The highest BCUT2D eigenvalue weighted by Gasteiger charge is 2.12. The minimum atomic E-state index is -3.71. The lowest BCUT2D eigenvalue weighted by Crippen LogP contribution is -2.28. The Bertz CT molecular complexity index is 764. The Balaban J connectivity index is 1.90. The van der Waals surface area contributed by atoms with E-state index in [4.69, 9.17) is 5.14 Å². The number of amides is 1. The van der Waals surface area contributed by atoms with E-state index in [1.807, 2.05) is 6.92 Å². The van der Waals surface area contributed by atoms with Crippen LogP contribution in [0.2, 0.25) is 0 Å². The molecule has 1 aromatic heterocycles. The molecule has 0 radical (unpaired) electrons. The maximum atomic E-state index is 11.9. The van der Waals surface area contributed by atoms with Gasteiger partial charge in [-0.25, -0.2) is 23.5 Å². The standard InChI is InChI=1S/C14H16N4O3S2/c1-10(11-3-5-12(6-4-11)23(15,20)21)18-13(19)9-22-14-16-7-2-8-17-14/h2-8,10H,9H2,1H3,(H,18,19)(H2,15,20,21)/t10-/m0/s1. The van der Waals surface area contributed by atoms with Gasteiger partial charge >= 0.3 is 0 Å². The Hall–Kier alpha value is -1.97. The Morgan fingerprint density at radius 1 is 1.26 bits per heavy atom. The first-order valence-electron chi connectivity index (χ1n) is 6.68. The van der Waals surface area contributed by atoms with Gasteiger partial charge in [0.2, 0.25) is 15.9 Å². The number of nitrogens with zero attached hydrogens (tertiary/aromatic N) is 2. The average Bonchev–Trinajstić information content (AvgIpc) is 2.53. The molecule has 23 heavy (non-hydrogen) atoms. The van der Waals surface area contributed by atoms with E-state index in [1.54, 1.807) is 30.6 Å². The molecule has 3 N–H and O–H groups in total. The fourth-order valence-electron chi connectivity index (χ4n) is 1.80. The molecule has 2 aromatic rings. The first-order valence-corrected chi connectivity index (χ1v) is 9.21. The highest BCUT2D eigenvalue weighted by atomic mass is 32.2. The largest absolute Gasteiger partial charge is 0.349 e. The van der Waals surface area contributed by atoms with Gasteiger partial charge in [-0.1, -0.05) is 23.9 Å². The molecule has 7 nitrogen and oxygen atoms in total. The van der Waals surface area contributed by atoms with Gasteiger partial charge in [-0.3, -0.25) is 4.79 Å². The number of thioether (sulfide) groups is 1. The van der Waals surface area contributed by atoms with Crippen LogP contribution >= 0.6 is 11.8 Å². The summed E-state index contributed by atoms with van der Waals surface area (Å²) in [5.74, 6) is 0.0364. The lowest BCUT2D eigenvalue weighted by Gasteiger charge is -2.14. The van der Waals surface area contributed by atoms with E-state index in [0.717, 1.165) is 5.56 Å². The lowest BCUT2D eigenvalue weighted by atomic mass is 10.1. The Morgan fingerprint density at radius 2 is 1.87 bits per heavy atom. The molecule has 0 bridgehead atoms. The molecule has 1 heterocycles. The highest BCUT2D eigenvalue weighted by Crippen LogP contribution is 2.16. The molecule has 0 saturated carbocycles. The predicted octanol–water partition coefficient (Wildman–Crippen LogP) is 1.09. The van der Waals surface area contributed by atoms with E-state index in [-0.39, 0.29) is 22.6 Å². The van der Waals surface area contributed by atoms with Crippen LogP contribution < -0.4 is 10.5 Å². The van der Waals surface area contributed by atoms with Gasteiger partial charge in [0.15, 0.2) is 5.16 Å². The predicted molar refractivity (Wildman–Crippen MR) is 87.1 cm³/mol. The summed E-state index contributed by atoms with van der Waals surface area (Å²) in [5.41, 5.74) is 0.784. The Morgan fingerprint density at radius 3 is 2.43 bits per heavy atom. The smallest absolute Gasteiger partial charge is 0.238 e. The highest BCUT2D eigenvalue weighted by molar-refractivity contribution is 7.99. The van der Waals surface area contributed by atoms with Crippen molar-refractivity contribution >= 4 is 27.7 Å².